The Kier molecular flexibility index (Phi) is 2.95. The van der Waals surface area contributed by atoms with E-state index < -0.39 is 5.97 Å². The number of aryl methyl sites for hydroxylation is 1. The molecule has 0 bridgehead atoms. The molecule has 1 aliphatic rings. The quantitative estimate of drug-likeness (QED) is 0.898. The van der Waals surface area contributed by atoms with Crippen molar-refractivity contribution >= 4 is 16.9 Å². The molecule has 2 heterocycles. The van der Waals surface area contributed by atoms with E-state index in [0.29, 0.717) is 17.6 Å². The number of aromatic carboxylic acids is 1. The van der Waals surface area contributed by atoms with E-state index in [0.717, 1.165) is 29.8 Å². The van der Waals surface area contributed by atoms with Crippen molar-refractivity contribution in [3.63, 3.8) is 0 Å². The topological polar surface area (TPSA) is 59.4 Å². The predicted octanol–water partition coefficient (Wildman–Crippen LogP) is 2.75. The highest BCUT2D eigenvalue weighted by molar-refractivity contribution is 6.03. The van der Waals surface area contributed by atoms with Crippen LogP contribution in [-0.4, -0.2) is 29.3 Å². The molecule has 0 spiro atoms. The standard InChI is InChI=1S/C15H15NO3/c1-9-3-2-4-11-12(15(17)18)7-13(16-14(9)11)10-5-6-19-8-10/h2-4,7,10H,5-6,8H2,1H3,(H,17,18). The molecule has 98 valence electrons. The number of para-hydroxylation sites is 1. The molecule has 2 aromatic rings. The highest BCUT2D eigenvalue weighted by Gasteiger charge is 2.22. The van der Waals surface area contributed by atoms with Crippen molar-refractivity contribution in [1.82, 2.24) is 4.98 Å². The summed E-state index contributed by atoms with van der Waals surface area (Å²) < 4.78 is 5.37. The number of aromatic nitrogens is 1. The number of fused-ring (bicyclic) bond motifs is 1. The second-order valence-corrected chi connectivity index (χ2v) is 4.93. The molecular formula is C15H15NO3. The molecule has 0 radical (unpaired) electrons. The Balaban J connectivity index is 2.25. The second-order valence-electron chi connectivity index (χ2n) is 4.93. The summed E-state index contributed by atoms with van der Waals surface area (Å²) in [4.78, 5) is 16.1. The predicted molar refractivity (Wildman–Crippen MR) is 71.6 cm³/mol. The number of nitrogens with zero attached hydrogens (tertiary/aromatic N) is 1. The minimum atomic E-state index is -0.904. The van der Waals surface area contributed by atoms with Gasteiger partial charge in [0.15, 0.2) is 0 Å². The van der Waals surface area contributed by atoms with Gasteiger partial charge in [0.1, 0.15) is 0 Å². The van der Waals surface area contributed by atoms with Gasteiger partial charge in [-0.1, -0.05) is 18.2 Å². The molecule has 1 fully saturated rings. The normalized spacial score (nSPS) is 18.9. The first-order valence-corrected chi connectivity index (χ1v) is 6.38. The first-order chi connectivity index (χ1) is 9.16. The Labute approximate surface area is 111 Å². The largest absolute Gasteiger partial charge is 0.478 e. The van der Waals surface area contributed by atoms with Crippen LogP contribution in [0.5, 0.6) is 0 Å². The Hall–Kier alpha value is -1.94. The Morgan fingerprint density at radius 3 is 3.00 bits per heavy atom. The van der Waals surface area contributed by atoms with Gasteiger partial charge >= 0.3 is 5.97 Å². The van der Waals surface area contributed by atoms with Crippen LogP contribution in [0, 0.1) is 6.92 Å². The van der Waals surface area contributed by atoms with Crippen molar-refractivity contribution in [2.45, 2.75) is 19.3 Å². The zero-order chi connectivity index (χ0) is 13.4. The van der Waals surface area contributed by atoms with E-state index in [1.807, 2.05) is 25.1 Å². The maximum absolute atomic E-state index is 11.4. The Morgan fingerprint density at radius 1 is 1.47 bits per heavy atom. The molecule has 1 unspecified atom stereocenters. The molecule has 3 rings (SSSR count). The molecule has 0 saturated carbocycles. The molecule has 4 nitrogen and oxygen atoms in total. The van der Waals surface area contributed by atoms with Crippen LogP contribution in [0.15, 0.2) is 24.3 Å². The van der Waals surface area contributed by atoms with Crippen molar-refractivity contribution in [3.05, 3.63) is 41.1 Å². The summed E-state index contributed by atoms with van der Waals surface area (Å²) >= 11 is 0. The Bertz CT molecular complexity index is 645. The number of hydrogen-bond acceptors (Lipinski definition) is 3. The van der Waals surface area contributed by atoms with E-state index in [2.05, 4.69) is 4.98 Å². The van der Waals surface area contributed by atoms with Gasteiger partial charge in [-0.3, -0.25) is 4.98 Å². The van der Waals surface area contributed by atoms with Gasteiger partial charge in [0, 0.05) is 23.6 Å². The van der Waals surface area contributed by atoms with E-state index in [1.54, 1.807) is 6.07 Å². The van der Waals surface area contributed by atoms with Crippen molar-refractivity contribution in [1.29, 1.82) is 0 Å². The lowest BCUT2D eigenvalue weighted by atomic mass is 9.98. The third kappa shape index (κ3) is 2.08. The highest BCUT2D eigenvalue weighted by atomic mass is 16.5. The van der Waals surface area contributed by atoms with Crippen molar-refractivity contribution in [3.8, 4) is 0 Å². The van der Waals surface area contributed by atoms with Gasteiger partial charge in [0.25, 0.3) is 0 Å². The summed E-state index contributed by atoms with van der Waals surface area (Å²) in [6.45, 7) is 3.31. The molecule has 1 saturated heterocycles. The average Bonchev–Trinajstić information content (AvgIpc) is 2.92. The molecule has 0 amide bonds. The van der Waals surface area contributed by atoms with Crippen molar-refractivity contribution in [2.75, 3.05) is 13.2 Å². The third-order valence-electron chi connectivity index (χ3n) is 3.64. The summed E-state index contributed by atoms with van der Waals surface area (Å²) in [5, 5.41) is 10.1. The number of carbonyl (C=O) groups is 1. The van der Waals surface area contributed by atoms with Crippen molar-refractivity contribution in [2.24, 2.45) is 0 Å². The number of hydrogen-bond donors (Lipinski definition) is 1. The number of carboxylic acid groups (broad SMARTS) is 1. The van der Waals surface area contributed by atoms with Crippen LogP contribution in [0.25, 0.3) is 10.9 Å². The van der Waals surface area contributed by atoms with Crippen LogP contribution < -0.4 is 0 Å². The fourth-order valence-corrected chi connectivity index (χ4v) is 2.57. The number of ether oxygens (including phenoxy) is 1. The van der Waals surface area contributed by atoms with E-state index in [-0.39, 0.29) is 5.92 Å². The number of benzene rings is 1. The van der Waals surface area contributed by atoms with E-state index >= 15 is 0 Å². The van der Waals surface area contributed by atoms with E-state index in [1.165, 1.54) is 0 Å². The third-order valence-corrected chi connectivity index (χ3v) is 3.64. The Morgan fingerprint density at radius 2 is 2.32 bits per heavy atom. The number of carboxylic acids is 1. The molecule has 19 heavy (non-hydrogen) atoms. The molecule has 1 aromatic heterocycles. The first kappa shape index (κ1) is 12.1. The lowest BCUT2D eigenvalue weighted by Crippen LogP contribution is -2.06. The molecular weight excluding hydrogens is 242 g/mol. The number of rotatable bonds is 2. The zero-order valence-corrected chi connectivity index (χ0v) is 10.7. The fraction of sp³-hybridized carbons (Fsp3) is 0.333. The summed E-state index contributed by atoms with van der Waals surface area (Å²) in [5.41, 5.74) is 2.94. The summed E-state index contributed by atoms with van der Waals surface area (Å²) in [5.74, 6) is -0.694. The van der Waals surface area contributed by atoms with Gasteiger partial charge in [0.2, 0.25) is 0 Å². The minimum absolute atomic E-state index is 0.210. The maximum atomic E-state index is 11.4. The lowest BCUT2D eigenvalue weighted by molar-refractivity contribution is 0.0698. The summed E-state index contributed by atoms with van der Waals surface area (Å²) in [6.07, 6.45) is 0.906. The first-order valence-electron chi connectivity index (χ1n) is 6.38. The minimum Gasteiger partial charge on any atom is -0.478 e. The molecule has 4 heteroatoms. The van der Waals surface area contributed by atoms with Crippen LogP contribution >= 0.6 is 0 Å². The highest BCUT2D eigenvalue weighted by Crippen LogP contribution is 2.29. The zero-order valence-electron chi connectivity index (χ0n) is 10.7. The van der Waals surface area contributed by atoms with Gasteiger partial charge in [-0.2, -0.15) is 0 Å². The molecule has 1 aromatic carbocycles. The van der Waals surface area contributed by atoms with Gasteiger partial charge in [-0.05, 0) is 25.0 Å². The average molecular weight is 257 g/mol. The molecule has 1 aliphatic heterocycles. The molecule has 1 atom stereocenters. The molecule has 1 N–H and O–H groups in total. The van der Waals surface area contributed by atoms with Gasteiger partial charge in [0.05, 0.1) is 17.7 Å². The van der Waals surface area contributed by atoms with Crippen LogP contribution in [0.1, 0.15) is 34.0 Å². The van der Waals surface area contributed by atoms with Gasteiger partial charge < -0.3 is 9.84 Å². The van der Waals surface area contributed by atoms with Gasteiger partial charge in [-0.15, -0.1) is 0 Å². The second kappa shape index (κ2) is 4.63. The summed E-state index contributed by atoms with van der Waals surface area (Å²) in [7, 11) is 0. The van der Waals surface area contributed by atoms with Crippen LogP contribution in [-0.2, 0) is 4.74 Å². The van der Waals surface area contributed by atoms with E-state index in [9.17, 15) is 9.90 Å². The van der Waals surface area contributed by atoms with Crippen molar-refractivity contribution < 1.29 is 14.6 Å². The lowest BCUT2D eigenvalue weighted by Gasteiger charge is -2.12. The van der Waals surface area contributed by atoms with Crippen LogP contribution in [0.2, 0.25) is 0 Å². The monoisotopic (exact) mass is 257 g/mol. The van der Waals surface area contributed by atoms with Crippen LogP contribution in [0.4, 0.5) is 0 Å². The number of pyridine rings is 1. The smallest absolute Gasteiger partial charge is 0.336 e. The fourth-order valence-electron chi connectivity index (χ4n) is 2.57. The van der Waals surface area contributed by atoms with E-state index in [4.69, 9.17) is 4.74 Å². The SMILES string of the molecule is Cc1cccc2c(C(=O)O)cc(C3CCOC3)nc12. The molecule has 0 aliphatic carbocycles. The van der Waals surface area contributed by atoms with Crippen LogP contribution in [0.3, 0.4) is 0 Å². The summed E-state index contributed by atoms with van der Waals surface area (Å²) in [6, 6.07) is 7.33. The van der Waals surface area contributed by atoms with Gasteiger partial charge in [-0.25, -0.2) is 4.79 Å². The maximum Gasteiger partial charge on any atom is 0.336 e.